The van der Waals surface area contributed by atoms with E-state index >= 15 is 0 Å². The van der Waals surface area contributed by atoms with Gasteiger partial charge in [0.25, 0.3) is 0 Å². The number of aryl methyl sites for hydroxylation is 1. The van der Waals surface area contributed by atoms with Crippen LogP contribution in [-0.4, -0.2) is 24.0 Å². The van der Waals surface area contributed by atoms with E-state index in [1.54, 1.807) is 11.8 Å². The molecule has 1 amide bonds. The molecule has 1 rings (SSSR count). The molecule has 0 bridgehead atoms. The lowest BCUT2D eigenvalue weighted by atomic mass is 10.2. The molecule has 2 nitrogen and oxygen atoms in total. The maximum Gasteiger partial charge on any atom is 0.230 e. The fourth-order valence-electron chi connectivity index (χ4n) is 1.36. The molecule has 17 heavy (non-hydrogen) atoms. The van der Waals surface area contributed by atoms with Gasteiger partial charge in [-0.05, 0) is 24.2 Å². The topological polar surface area (TPSA) is 29.1 Å². The van der Waals surface area contributed by atoms with Crippen LogP contribution < -0.4 is 5.32 Å². The Morgan fingerprint density at radius 2 is 2.12 bits per heavy atom. The molecule has 0 unspecified atom stereocenters. The molecule has 0 spiro atoms. The minimum absolute atomic E-state index is 0.116. The minimum atomic E-state index is 0.116. The van der Waals surface area contributed by atoms with Crippen LogP contribution in [0.25, 0.3) is 0 Å². The summed E-state index contributed by atoms with van der Waals surface area (Å²) in [5.41, 5.74) is 1.33. The maximum absolute atomic E-state index is 11.4. The average molecular weight is 249 g/mol. The van der Waals surface area contributed by atoms with Gasteiger partial charge in [-0.15, -0.1) is 6.58 Å². The van der Waals surface area contributed by atoms with Crippen LogP contribution in [-0.2, 0) is 11.2 Å². The summed E-state index contributed by atoms with van der Waals surface area (Å²) in [6.07, 6.45) is 3.66. The molecule has 0 radical (unpaired) electrons. The van der Waals surface area contributed by atoms with Crippen LogP contribution in [0.4, 0.5) is 0 Å². The van der Waals surface area contributed by atoms with Crippen molar-refractivity contribution >= 4 is 17.7 Å². The summed E-state index contributed by atoms with van der Waals surface area (Å²) in [6, 6.07) is 10.3. The largest absolute Gasteiger partial charge is 0.355 e. The molecule has 1 aromatic rings. The second-order valence-corrected chi connectivity index (χ2v) is 4.82. The van der Waals surface area contributed by atoms with E-state index in [4.69, 9.17) is 0 Å². The second kappa shape index (κ2) is 8.88. The van der Waals surface area contributed by atoms with Crippen LogP contribution in [0.1, 0.15) is 12.0 Å². The van der Waals surface area contributed by atoms with E-state index in [9.17, 15) is 4.79 Å². The molecule has 1 N–H and O–H groups in total. The maximum atomic E-state index is 11.4. The van der Waals surface area contributed by atoms with Gasteiger partial charge in [-0.2, -0.15) is 11.8 Å². The Hall–Kier alpha value is -1.22. The summed E-state index contributed by atoms with van der Waals surface area (Å²) in [5, 5.41) is 2.85. The van der Waals surface area contributed by atoms with E-state index < -0.39 is 0 Å². The van der Waals surface area contributed by atoms with E-state index in [0.29, 0.717) is 12.3 Å². The Balaban J connectivity index is 2.04. The molecule has 0 fully saturated rings. The van der Waals surface area contributed by atoms with Crippen molar-refractivity contribution in [2.24, 2.45) is 0 Å². The first-order chi connectivity index (χ1) is 8.33. The van der Waals surface area contributed by atoms with Crippen LogP contribution in [0.3, 0.4) is 0 Å². The Labute approximate surface area is 107 Å². The van der Waals surface area contributed by atoms with Gasteiger partial charge >= 0.3 is 0 Å². The van der Waals surface area contributed by atoms with Crippen molar-refractivity contribution in [3.8, 4) is 0 Å². The number of carbonyl (C=O) groups excluding carboxylic acids is 1. The van der Waals surface area contributed by atoms with Crippen LogP contribution >= 0.6 is 11.8 Å². The van der Waals surface area contributed by atoms with Gasteiger partial charge in [0, 0.05) is 6.54 Å². The van der Waals surface area contributed by atoms with Crippen molar-refractivity contribution in [2.45, 2.75) is 12.8 Å². The Bertz CT molecular complexity index is 337. The molecule has 0 saturated heterocycles. The lowest BCUT2D eigenvalue weighted by molar-refractivity contribution is -0.118. The lowest BCUT2D eigenvalue weighted by Gasteiger charge is -2.03. The predicted molar refractivity (Wildman–Crippen MR) is 75.3 cm³/mol. The van der Waals surface area contributed by atoms with E-state index in [1.807, 2.05) is 24.3 Å². The van der Waals surface area contributed by atoms with Crippen LogP contribution in [0.15, 0.2) is 43.0 Å². The summed E-state index contributed by atoms with van der Waals surface area (Å²) in [5.74, 6) is 1.65. The molecule has 92 valence electrons. The number of hydrogen-bond acceptors (Lipinski definition) is 2. The zero-order chi connectivity index (χ0) is 12.3. The fourth-order valence-corrected chi connectivity index (χ4v) is 2.18. The smallest absolute Gasteiger partial charge is 0.230 e. The predicted octanol–water partition coefficient (Wildman–Crippen LogP) is 2.65. The summed E-state index contributed by atoms with van der Waals surface area (Å²) < 4.78 is 0. The van der Waals surface area contributed by atoms with Crippen molar-refractivity contribution in [2.75, 3.05) is 18.1 Å². The Morgan fingerprint density at radius 3 is 2.82 bits per heavy atom. The molecule has 0 aromatic heterocycles. The highest BCUT2D eigenvalue weighted by Gasteiger charge is 2.00. The first-order valence-corrected chi connectivity index (χ1v) is 6.97. The summed E-state index contributed by atoms with van der Waals surface area (Å²) in [7, 11) is 0. The van der Waals surface area contributed by atoms with Gasteiger partial charge in [0.05, 0.1) is 5.75 Å². The van der Waals surface area contributed by atoms with Crippen LogP contribution in [0.5, 0.6) is 0 Å². The molecule has 0 aliphatic heterocycles. The second-order valence-electron chi connectivity index (χ2n) is 3.72. The van der Waals surface area contributed by atoms with Crippen molar-refractivity contribution in [3.05, 3.63) is 48.6 Å². The molecule has 0 heterocycles. The van der Waals surface area contributed by atoms with Gasteiger partial charge in [-0.1, -0.05) is 36.4 Å². The number of carbonyl (C=O) groups is 1. The van der Waals surface area contributed by atoms with E-state index in [2.05, 4.69) is 24.0 Å². The van der Waals surface area contributed by atoms with Gasteiger partial charge in [-0.3, -0.25) is 4.79 Å². The fraction of sp³-hybridized carbons (Fsp3) is 0.357. The molecule has 3 heteroatoms. The van der Waals surface area contributed by atoms with Gasteiger partial charge in [-0.25, -0.2) is 0 Å². The van der Waals surface area contributed by atoms with E-state index in [1.165, 1.54) is 5.56 Å². The third kappa shape index (κ3) is 6.84. The monoisotopic (exact) mass is 249 g/mol. The number of nitrogens with one attached hydrogen (secondary N) is 1. The summed E-state index contributed by atoms with van der Waals surface area (Å²) in [4.78, 5) is 11.4. The molecular weight excluding hydrogens is 230 g/mol. The molecule has 0 aliphatic carbocycles. The minimum Gasteiger partial charge on any atom is -0.355 e. The normalized spacial score (nSPS) is 9.88. The standard InChI is InChI=1S/C14H19NOS/c1-2-3-10-15-14(16)12-17-11-9-13-7-5-4-6-8-13/h2,4-8H,1,3,9-12H2,(H,15,16). The van der Waals surface area contributed by atoms with Crippen LogP contribution in [0.2, 0.25) is 0 Å². The van der Waals surface area contributed by atoms with Crippen molar-refractivity contribution < 1.29 is 4.79 Å². The van der Waals surface area contributed by atoms with E-state index in [-0.39, 0.29) is 5.91 Å². The first-order valence-electron chi connectivity index (χ1n) is 5.82. The van der Waals surface area contributed by atoms with Crippen molar-refractivity contribution in [1.29, 1.82) is 0 Å². The average Bonchev–Trinajstić information content (AvgIpc) is 2.36. The molecular formula is C14H19NOS. The third-order valence-corrected chi connectivity index (χ3v) is 3.24. The van der Waals surface area contributed by atoms with Gasteiger partial charge in [0.1, 0.15) is 0 Å². The molecule has 0 aliphatic rings. The number of hydrogen-bond donors (Lipinski definition) is 1. The molecule has 1 aromatic carbocycles. The lowest BCUT2D eigenvalue weighted by Crippen LogP contribution is -2.26. The highest BCUT2D eigenvalue weighted by molar-refractivity contribution is 7.99. The van der Waals surface area contributed by atoms with Gasteiger partial charge in [0.2, 0.25) is 5.91 Å². The quantitative estimate of drug-likeness (QED) is 0.567. The number of benzene rings is 1. The zero-order valence-corrected chi connectivity index (χ0v) is 10.8. The zero-order valence-electron chi connectivity index (χ0n) is 10.0. The van der Waals surface area contributed by atoms with Crippen molar-refractivity contribution in [3.63, 3.8) is 0 Å². The molecule has 0 saturated carbocycles. The number of thioether (sulfide) groups is 1. The molecule has 0 atom stereocenters. The number of amides is 1. The van der Waals surface area contributed by atoms with Crippen LogP contribution in [0, 0.1) is 0 Å². The van der Waals surface area contributed by atoms with Crippen molar-refractivity contribution in [1.82, 2.24) is 5.32 Å². The highest BCUT2D eigenvalue weighted by Crippen LogP contribution is 2.06. The van der Waals surface area contributed by atoms with Gasteiger partial charge in [0.15, 0.2) is 0 Å². The van der Waals surface area contributed by atoms with Gasteiger partial charge < -0.3 is 5.32 Å². The third-order valence-electron chi connectivity index (χ3n) is 2.28. The Morgan fingerprint density at radius 1 is 1.35 bits per heavy atom. The first kappa shape index (κ1) is 13.8. The highest BCUT2D eigenvalue weighted by atomic mass is 32.2. The van der Waals surface area contributed by atoms with E-state index in [0.717, 1.165) is 18.6 Å². The summed E-state index contributed by atoms with van der Waals surface area (Å²) in [6.45, 7) is 4.31. The number of rotatable bonds is 8. The SMILES string of the molecule is C=CCCNC(=O)CSCCc1ccccc1. The summed E-state index contributed by atoms with van der Waals surface area (Å²) >= 11 is 1.68. The Kier molecular flexibility index (Phi) is 7.23.